The second kappa shape index (κ2) is 9.09. The van der Waals surface area contributed by atoms with Crippen LogP contribution in [0, 0.1) is 0 Å². The van der Waals surface area contributed by atoms with E-state index in [1.807, 2.05) is 0 Å². The van der Waals surface area contributed by atoms with Crippen LogP contribution in [0.25, 0.3) is 0 Å². The molecule has 0 aliphatic carbocycles. The molecular formula is C21H21NO7. The van der Waals surface area contributed by atoms with Crippen LogP contribution in [0.1, 0.15) is 24.2 Å². The number of ether oxygens (including phenoxy) is 4. The lowest BCUT2D eigenvalue weighted by atomic mass is 10.2. The molecule has 8 nitrogen and oxygen atoms in total. The van der Waals surface area contributed by atoms with Gasteiger partial charge in [0.15, 0.2) is 18.1 Å². The third kappa shape index (κ3) is 5.47. The van der Waals surface area contributed by atoms with E-state index in [1.54, 1.807) is 50.2 Å². The Labute approximate surface area is 167 Å². The SMILES string of the molecule is CC(C)OC(=O)c1ccc(NC(=O)COC(=O)[C@@H]2COc3ccccc3O2)cc1. The van der Waals surface area contributed by atoms with E-state index in [0.29, 0.717) is 22.7 Å². The second-order valence-electron chi connectivity index (χ2n) is 6.55. The number of esters is 2. The molecule has 0 aromatic heterocycles. The number of anilines is 1. The number of rotatable bonds is 6. The van der Waals surface area contributed by atoms with Gasteiger partial charge in [0.1, 0.15) is 6.61 Å². The van der Waals surface area contributed by atoms with E-state index >= 15 is 0 Å². The summed E-state index contributed by atoms with van der Waals surface area (Å²) >= 11 is 0. The maximum absolute atomic E-state index is 12.1. The third-order valence-electron chi connectivity index (χ3n) is 3.86. The maximum Gasteiger partial charge on any atom is 0.351 e. The predicted molar refractivity (Wildman–Crippen MR) is 103 cm³/mol. The number of hydrogen-bond acceptors (Lipinski definition) is 7. The van der Waals surface area contributed by atoms with Crippen LogP contribution < -0.4 is 14.8 Å². The van der Waals surface area contributed by atoms with Crippen molar-refractivity contribution in [1.29, 1.82) is 0 Å². The predicted octanol–water partition coefficient (Wildman–Crippen LogP) is 2.57. The molecule has 1 aliphatic rings. The minimum Gasteiger partial charge on any atom is -0.485 e. The molecule has 0 fully saturated rings. The van der Waals surface area contributed by atoms with Crippen LogP contribution in [0.15, 0.2) is 48.5 Å². The van der Waals surface area contributed by atoms with E-state index in [1.165, 1.54) is 12.1 Å². The van der Waals surface area contributed by atoms with Crippen molar-refractivity contribution < 1.29 is 33.3 Å². The Kier molecular flexibility index (Phi) is 6.33. The normalized spacial score (nSPS) is 14.8. The topological polar surface area (TPSA) is 100 Å². The number of hydrogen-bond donors (Lipinski definition) is 1. The highest BCUT2D eigenvalue weighted by molar-refractivity contribution is 5.94. The fraction of sp³-hybridized carbons (Fsp3) is 0.286. The summed E-state index contributed by atoms with van der Waals surface area (Å²) in [7, 11) is 0. The Morgan fingerprint density at radius 1 is 1.07 bits per heavy atom. The van der Waals surface area contributed by atoms with Gasteiger partial charge in [0.25, 0.3) is 5.91 Å². The van der Waals surface area contributed by atoms with Gasteiger partial charge in [-0.05, 0) is 50.2 Å². The van der Waals surface area contributed by atoms with Crippen LogP contribution in [0.3, 0.4) is 0 Å². The summed E-state index contributed by atoms with van der Waals surface area (Å²) in [6.07, 6.45) is -1.16. The van der Waals surface area contributed by atoms with Crippen molar-refractivity contribution in [3.63, 3.8) is 0 Å². The first-order chi connectivity index (χ1) is 13.9. The average Bonchev–Trinajstić information content (AvgIpc) is 2.71. The molecule has 1 atom stereocenters. The molecule has 0 spiro atoms. The summed E-state index contributed by atoms with van der Waals surface area (Å²) in [5, 5.41) is 2.58. The number of para-hydroxylation sites is 2. The molecule has 0 radical (unpaired) electrons. The summed E-state index contributed by atoms with van der Waals surface area (Å²) in [4.78, 5) is 35.9. The van der Waals surface area contributed by atoms with Gasteiger partial charge in [0, 0.05) is 5.69 Å². The molecule has 2 aromatic carbocycles. The second-order valence-corrected chi connectivity index (χ2v) is 6.55. The van der Waals surface area contributed by atoms with Gasteiger partial charge in [0.05, 0.1) is 11.7 Å². The highest BCUT2D eigenvalue weighted by Crippen LogP contribution is 2.31. The lowest BCUT2D eigenvalue weighted by molar-refractivity contribution is -0.156. The Balaban J connectivity index is 1.46. The Hall–Kier alpha value is -3.55. The minimum absolute atomic E-state index is 0.00536. The molecule has 29 heavy (non-hydrogen) atoms. The van der Waals surface area contributed by atoms with Crippen molar-refractivity contribution >= 4 is 23.5 Å². The van der Waals surface area contributed by atoms with Gasteiger partial charge in [-0.3, -0.25) is 4.79 Å². The summed E-state index contributed by atoms with van der Waals surface area (Å²) in [5.41, 5.74) is 0.830. The van der Waals surface area contributed by atoms with E-state index in [-0.39, 0.29) is 12.7 Å². The lowest BCUT2D eigenvalue weighted by Gasteiger charge is -2.24. The van der Waals surface area contributed by atoms with E-state index in [9.17, 15) is 14.4 Å². The number of fused-ring (bicyclic) bond motifs is 1. The van der Waals surface area contributed by atoms with E-state index < -0.39 is 30.6 Å². The molecule has 0 saturated carbocycles. The van der Waals surface area contributed by atoms with E-state index in [0.717, 1.165) is 0 Å². The number of benzene rings is 2. The van der Waals surface area contributed by atoms with Gasteiger partial charge in [-0.2, -0.15) is 0 Å². The molecule has 8 heteroatoms. The van der Waals surface area contributed by atoms with Crippen molar-refractivity contribution in [3.05, 3.63) is 54.1 Å². The summed E-state index contributed by atoms with van der Waals surface area (Å²) in [5.74, 6) is -0.659. The zero-order chi connectivity index (χ0) is 20.8. The van der Waals surface area contributed by atoms with Crippen molar-refractivity contribution in [2.75, 3.05) is 18.5 Å². The number of nitrogens with one attached hydrogen (secondary N) is 1. The first kappa shape index (κ1) is 20.2. The third-order valence-corrected chi connectivity index (χ3v) is 3.86. The van der Waals surface area contributed by atoms with Gasteiger partial charge >= 0.3 is 11.9 Å². The van der Waals surface area contributed by atoms with Crippen LogP contribution in [0.5, 0.6) is 11.5 Å². The standard InChI is InChI=1S/C21H21NO7/c1-13(2)28-20(24)14-7-9-15(10-8-14)22-19(23)12-27-21(25)18-11-26-16-5-3-4-6-17(16)29-18/h3-10,13,18H,11-12H2,1-2H3,(H,22,23)/t18-/m0/s1. The molecular weight excluding hydrogens is 378 g/mol. The first-order valence-electron chi connectivity index (χ1n) is 9.08. The van der Waals surface area contributed by atoms with Gasteiger partial charge in [-0.15, -0.1) is 0 Å². The lowest BCUT2D eigenvalue weighted by Crippen LogP contribution is -2.39. The molecule has 3 rings (SSSR count). The van der Waals surface area contributed by atoms with Gasteiger partial charge in [-0.1, -0.05) is 12.1 Å². The van der Waals surface area contributed by atoms with Crippen LogP contribution in [-0.2, 0) is 19.1 Å². The summed E-state index contributed by atoms with van der Waals surface area (Å²) < 4.78 is 21.1. The molecule has 1 heterocycles. The van der Waals surface area contributed by atoms with E-state index in [2.05, 4.69) is 5.32 Å². The van der Waals surface area contributed by atoms with Crippen LogP contribution >= 0.6 is 0 Å². The average molecular weight is 399 g/mol. The smallest absolute Gasteiger partial charge is 0.351 e. The highest BCUT2D eigenvalue weighted by Gasteiger charge is 2.29. The van der Waals surface area contributed by atoms with E-state index in [4.69, 9.17) is 18.9 Å². The monoisotopic (exact) mass is 399 g/mol. The molecule has 1 N–H and O–H groups in total. The zero-order valence-electron chi connectivity index (χ0n) is 16.0. The molecule has 0 saturated heterocycles. The molecule has 0 bridgehead atoms. The largest absolute Gasteiger partial charge is 0.485 e. The van der Waals surface area contributed by atoms with Gasteiger partial charge in [0.2, 0.25) is 6.10 Å². The Morgan fingerprint density at radius 2 is 1.76 bits per heavy atom. The number of carbonyl (C=O) groups is 3. The fourth-order valence-corrected chi connectivity index (χ4v) is 2.53. The fourth-order valence-electron chi connectivity index (χ4n) is 2.53. The highest BCUT2D eigenvalue weighted by atomic mass is 16.6. The summed E-state index contributed by atoms with van der Waals surface area (Å²) in [6.45, 7) is 3.05. The van der Waals surface area contributed by atoms with Crippen LogP contribution in [-0.4, -0.2) is 43.3 Å². The van der Waals surface area contributed by atoms with Crippen molar-refractivity contribution in [3.8, 4) is 11.5 Å². The molecule has 1 amide bonds. The van der Waals surface area contributed by atoms with Crippen LogP contribution in [0.2, 0.25) is 0 Å². The van der Waals surface area contributed by atoms with Crippen molar-refractivity contribution in [1.82, 2.24) is 0 Å². The van der Waals surface area contributed by atoms with Crippen molar-refractivity contribution in [2.45, 2.75) is 26.1 Å². The molecule has 0 unspecified atom stereocenters. The zero-order valence-corrected chi connectivity index (χ0v) is 16.0. The first-order valence-corrected chi connectivity index (χ1v) is 9.08. The van der Waals surface area contributed by atoms with Gasteiger partial charge in [-0.25, -0.2) is 9.59 Å². The summed E-state index contributed by atoms with van der Waals surface area (Å²) in [6, 6.07) is 13.2. The molecule has 2 aromatic rings. The van der Waals surface area contributed by atoms with Crippen molar-refractivity contribution in [2.24, 2.45) is 0 Å². The van der Waals surface area contributed by atoms with Crippen LogP contribution in [0.4, 0.5) is 5.69 Å². The Morgan fingerprint density at radius 3 is 2.45 bits per heavy atom. The maximum atomic E-state index is 12.1. The molecule has 1 aliphatic heterocycles. The number of amides is 1. The molecule has 152 valence electrons. The minimum atomic E-state index is -0.941. The number of carbonyl (C=O) groups excluding carboxylic acids is 3. The van der Waals surface area contributed by atoms with Gasteiger partial charge < -0.3 is 24.3 Å². The quantitative estimate of drug-likeness (QED) is 0.745. The Bertz CT molecular complexity index is 892.